The van der Waals surface area contributed by atoms with Crippen molar-refractivity contribution in [2.45, 2.75) is 33.1 Å². The summed E-state index contributed by atoms with van der Waals surface area (Å²) in [4.78, 5) is 6.26. The minimum atomic E-state index is 0.912. The molecule has 1 aromatic rings. The normalized spacial score (nSPS) is 10.3. The van der Waals surface area contributed by atoms with Crippen LogP contribution >= 0.6 is 0 Å². The second-order valence-electron chi connectivity index (χ2n) is 3.14. The lowest BCUT2D eigenvalue weighted by atomic mass is 10.3. The molecule has 73 valence electrons. The van der Waals surface area contributed by atoms with Gasteiger partial charge < -0.3 is 9.32 Å². The van der Waals surface area contributed by atoms with Gasteiger partial charge in [-0.3, -0.25) is 0 Å². The van der Waals surface area contributed by atoms with Crippen LogP contribution in [0.15, 0.2) is 10.7 Å². The van der Waals surface area contributed by atoms with E-state index < -0.39 is 0 Å². The third kappa shape index (κ3) is 3.09. The lowest BCUT2D eigenvalue weighted by Gasteiger charge is -2.20. The predicted octanol–water partition coefficient (Wildman–Crippen LogP) is 2.49. The van der Waals surface area contributed by atoms with E-state index in [9.17, 15) is 0 Å². The Kier molecular flexibility index (Phi) is 4.36. The summed E-state index contributed by atoms with van der Waals surface area (Å²) in [5, 5.41) is 0. The van der Waals surface area contributed by atoms with E-state index in [2.05, 4.69) is 30.1 Å². The van der Waals surface area contributed by atoms with Gasteiger partial charge >= 0.3 is 0 Å². The van der Waals surface area contributed by atoms with E-state index in [0.717, 1.165) is 25.3 Å². The Balaban J connectivity index is 2.47. The molecule has 0 bridgehead atoms. The van der Waals surface area contributed by atoms with Crippen LogP contribution in [0.1, 0.15) is 33.1 Å². The molecule has 3 nitrogen and oxygen atoms in total. The van der Waals surface area contributed by atoms with Crippen LogP contribution in [0.3, 0.4) is 0 Å². The molecule has 0 fully saturated rings. The zero-order valence-corrected chi connectivity index (χ0v) is 8.42. The fourth-order valence-electron chi connectivity index (χ4n) is 1.28. The van der Waals surface area contributed by atoms with Crippen LogP contribution in [0.2, 0.25) is 0 Å². The highest BCUT2D eigenvalue weighted by atomic mass is 16.3. The molecule has 3 heteroatoms. The molecule has 0 atom stereocenters. The average Bonchev–Trinajstić information content (AvgIpc) is 2.65. The van der Waals surface area contributed by atoms with Gasteiger partial charge in [-0.1, -0.05) is 20.3 Å². The van der Waals surface area contributed by atoms with E-state index in [1.54, 1.807) is 6.26 Å². The van der Waals surface area contributed by atoms with E-state index in [1.807, 2.05) is 0 Å². The minimum absolute atomic E-state index is 0.912. The van der Waals surface area contributed by atoms with Gasteiger partial charge in [0.05, 0.1) is 0 Å². The van der Waals surface area contributed by atoms with Gasteiger partial charge in [0.2, 0.25) is 0 Å². The number of anilines is 1. The molecular weight excluding hydrogens is 164 g/mol. The maximum Gasteiger partial charge on any atom is 0.285 e. The minimum Gasteiger partial charge on any atom is -0.439 e. The molecular formula is C10H17N2O. The fraction of sp³-hybridized carbons (Fsp3) is 0.700. The number of aromatic nitrogens is 1. The molecule has 0 saturated heterocycles. The SMILES string of the molecule is CCCCN(CCC)c1co[c]n1. The summed E-state index contributed by atoms with van der Waals surface area (Å²) < 4.78 is 4.84. The first-order chi connectivity index (χ1) is 6.38. The quantitative estimate of drug-likeness (QED) is 0.675. The van der Waals surface area contributed by atoms with Crippen molar-refractivity contribution in [3.63, 3.8) is 0 Å². The van der Waals surface area contributed by atoms with Gasteiger partial charge in [0.15, 0.2) is 5.82 Å². The zero-order chi connectivity index (χ0) is 9.52. The summed E-state index contributed by atoms with van der Waals surface area (Å²) in [6.07, 6.45) is 7.68. The van der Waals surface area contributed by atoms with E-state index >= 15 is 0 Å². The van der Waals surface area contributed by atoms with Crippen molar-refractivity contribution in [2.24, 2.45) is 0 Å². The molecule has 1 rings (SSSR count). The Morgan fingerprint density at radius 3 is 2.77 bits per heavy atom. The Morgan fingerprint density at radius 1 is 1.38 bits per heavy atom. The number of oxazole rings is 1. The second kappa shape index (κ2) is 5.62. The number of hydrogen-bond acceptors (Lipinski definition) is 3. The standard InChI is InChI=1S/C10H17N2O/c1-3-5-7-12(6-4-2)10-8-13-9-11-10/h8H,3-7H2,1-2H3. The number of rotatable bonds is 6. The van der Waals surface area contributed by atoms with Gasteiger partial charge in [-0.05, 0) is 12.8 Å². The van der Waals surface area contributed by atoms with Crippen molar-refractivity contribution in [1.29, 1.82) is 0 Å². The van der Waals surface area contributed by atoms with Crippen molar-refractivity contribution >= 4 is 5.82 Å². The monoisotopic (exact) mass is 181 g/mol. The highest BCUT2D eigenvalue weighted by molar-refractivity contribution is 5.33. The van der Waals surface area contributed by atoms with Crippen molar-refractivity contribution in [1.82, 2.24) is 4.98 Å². The smallest absolute Gasteiger partial charge is 0.285 e. The highest BCUT2D eigenvalue weighted by Gasteiger charge is 2.06. The lowest BCUT2D eigenvalue weighted by molar-refractivity contribution is 0.547. The molecule has 0 N–H and O–H groups in total. The Labute approximate surface area is 79.8 Å². The first kappa shape index (κ1) is 10.1. The predicted molar refractivity (Wildman–Crippen MR) is 52.8 cm³/mol. The van der Waals surface area contributed by atoms with Crippen LogP contribution in [0, 0.1) is 6.39 Å². The largest absolute Gasteiger partial charge is 0.439 e. The second-order valence-corrected chi connectivity index (χ2v) is 3.14. The maximum atomic E-state index is 4.84. The fourth-order valence-corrected chi connectivity index (χ4v) is 1.28. The van der Waals surface area contributed by atoms with Crippen molar-refractivity contribution in [3.05, 3.63) is 12.7 Å². The van der Waals surface area contributed by atoms with Gasteiger partial charge in [-0.2, -0.15) is 4.98 Å². The highest BCUT2D eigenvalue weighted by Crippen LogP contribution is 2.11. The zero-order valence-electron chi connectivity index (χ0n) is 8.42. The Morgan fingerprint density at radius 2 is 2.23 bits per heavy atom. The van der Waals surface area contributed by atoms with Crippen LogP contribution in [0.5, 0.6) is 0 Å². The molecule has 0 amide bonds. The molecule has 0 spiro atoms. The maximum absolute atomic E-state index is 4.84. The van der Waals surface area contributed by atoms with Crippen molar-refractivity contribution in [2.75, 3.05) is 18.0 Å². The van der Waals surface area contributed by atoms with E-state index in [1.165, 1.54) is 12.8 Å². The van der Waals surface area contributed by atoms with Crippen LogP contribution in [0.25, 0.3) is 0 Å². The van der Waals surface area contributed by atoms with Gasteiger partial charge in [0.1, 0.15) is 6.26 Å². The first-order valence-corrected chi connectivity index (χ1v) is 4.95. The first-order valence-electron chi connectivity index (χ1n) is 4.95. The summed E-state index contributed by atoms with van der Waals surface area (Å²) in [5.41, 5.74) is 0. The van der Waals surface area contributed by atoms with Crippen molar-refractivity contribution < 1.29 is 4.42 Å². The summed E-state index contributed by atoms with van der Waals surface area (Å²) in [6.45, 7) is 6.47. The molecule has 13 heavy (non-hydrogen) atoms. The molecule has 0 unspecified atom stereocenters. The van der Waals surface area contributed by atoms with Gasteiger partial charge in [0, 0.05) is 13.1 Å². The summed E-state index contributed by atoms with van der Waals surface area (Å²) in [7, 11) is 0. The Hall–Kier alpha value is -0.990. The molecule has 1 heterocycles. The van der Waals surface area contributed by atoms with E-state index in [-0.39, 0.29) is 0 Å². The van der Waals surface area contributed by atoms with E-state index in [0.29, 0.717) is 0 Å². The van der Waals surface area contributed by atoms with Gasteiger partial charge in [-0.15, -0.1) is 0 Å². The number of unbranched alkanes of at least 4 members (excludes halogenated alkanes) is 1. The third-order valence-electron chi connectivity index (χ3n) is 1.98. The molecule has 1 aromatic heterocycles. The van der Waals surface area contributed by atoms with E-state index in [4.69, 9.17) is 4.42 Å². The molecule has 0 aromatic carbocycles. The average molecular weight is 181 g/mol. The molecule has 0 aliphatic carbocycles. The molecule has 0 aliphatic rings. The van der Waals surface area contributed by atoms with Gasteiger partial charge in [0.25, 0.3) is 6.39 Å². The molecule has 0 aliphatic heterocycles. The third-order valence-corrected chi connectivity index (χ3v) is 1.98. The number of hydrogen-bond donors (Lipinski definition) is 0. The Bertz CT molecular complexity index is 209. The van der Waals surface area contributed by atoms with Crippen LogP contribution in [0.4, 0.5) is 5.82 Å². The van der Waals surface area contributed by atoms with Crippen molar-refractivity contribution in [3.8, 4) is 0 Å². The molecule has 1 radical (unpaired) electrons. The number of nitrogens with zero attached hydrogens (tertiary/aromatic N) is 2. The van der Waals surface area contributed by atoms with Crippen LogP contribution in [-0.4, -0.2) is 18.1 Å². The van der Waals surface area contributed by atoms with Gasteiger partial charge in [-0.25, -0.2) is 0 Å². The molecule has 0 saturated carbocycles. The van der Waals surface area contributed by atoms with Crippen LogP contribution < -0.4 is 4.90 Å². The summed E-state index contributed by atoms with van der Waals surface area (Å²) in [6, 6.07) is 0. The summed E-state index contributed by atoms with van der Waals surface area (Å²) >= 11 is 0. The van der Waals surface area contributed by atoms with Crippen LogP contribution in [-0.2, 0) is 0 Å². The lowest BCUT2D eigenvalue weighted by Crippen LogP contribution is -2.25. The summed E-state index contributed by atoms with van der Waals surface area (Å²) in [5.74, 6) is 0.912. The topological polar surface area (TPSA) is 29.3 Å².